The standard InChI is InChI=1S/C20H24N6/c1-3-26(14-16-10-6-4-7-11-16)15(2)18-23-19(21)25-20(24-18)22-17-12-8-5-9-13-17/h4-13,15H,3,14H2,1-2H3,(H3,21,22,23,24,25). The molecule has 26 heavy (non-hydrogen) atoms. The van der Waals surface area contributed by atoms with E-state index in [0.717, 1.165) is 18.8 Å². The van der Waals surface area contributed by atoms with E-state index in [-0.39, 0.29) is 12.0 Å². The van der Waals surface area contributed by atoms with Gasteiger partial charge in [-0.3, -0.25) is 4.90 Å². The van der Waals surface area contributed by atoms with Gasteiger partial charge in [0.05, 0.1) is 6.04 Å². The molecule has 3 N–H and O–H groups in total. The van der Waals surface area contributed by atoms with Crippen LogP contribution in [0.25, 0.3) is 0 Å². The van der Waals surface area contributed by atoms with E-state index in [4.69, 9.17) is 5.73 Å². The van der Waals surface area contributed by atoms with E-state index in [1.165, 1.54) is 5.56 Å². The second kappa shape index (κ2) is 8.40. The van der Waals surface area contributed by atoms with Crippen molar-refractivity contribution in [3.63, 3.8) is 0 Å². The van der Waals surface area contributed by atoms with E-state index >= 15 is 0 Å². The molecule has 0 aliphatic carbocycles. The minimum atomic E-state index is 0.0156. The quantitative estimate of drug-likeness (QED) is 0.676. The number of benzene rings is 2. The molecule has 0 saturated carbocycles. The summed E-state index contributed by atoms with van der Waals surface area (Å²) in [5.41, 5.74) is 8.09. The molecule has 0 fully saturated rings. The molecule has 0 aliphatic rings. The van der Waals surface area contributed by atoms with Gasteiger partial charge in [0, 0.05) is 12.2 Å². The molecule has 1 atom stereocenters. The van der Waals surface area contributed by atoms with Gasteiger partial charge in [-0.15, -0.1) is 0 Å². The SMILES string of the molecule is CCN(Cc1ccccc1)C(C)c1nc(N)nc(Nc2ccccc2)n1. The molecule has 0 radical (unpaired) electrons. The van der Waals surface area contributed by atoms with Gasteiger partial charge in [-0.05, 0) is 31.2 Å². The molecule has 6 heteroatoms. The number of nitrogens with one attached hydrogen (secondary N) is 1. The van der Waals surface area contributed by atoms with Gasteiger partial charge in [-0.25, -0.2) is 0 Å². The number of rotatable bonds is 7. The van der Waals surface area contributed by atoms with Gasteiger partial charge >= 0.3 is 0 Å². The van der Waals surface area contributed by atoms with Crippen LogP contribution in [0, 0.1) is 0 Å². The summed E-state index contributed by atoms with van der Waals surface area (Å²) in [6.07, 6.45) is 0. The first-order chi connectivity index (χ1) is 12.7. The van der Waals surface area contributed by atoms with E-state index < -0.39 is 0 Å². The third kappa shape index (κ3) is 4.55. The predicted molar refractivity (Wildman–Crippen MR) is 105 cm³/mol. The number of nitrogens with two attached hydrogens (primary N) is 1. The average Bonchev–Trinajstić information content (AvgIpc) is 2.67. The van der Waals surface area contributed by atoms with E-state index in [1.54, 1.807) is 0 Å². The third-order valence-electron chi connectivity index (χ3n) is 4.26. The smallest absolute Gasteiger partial charge is 0.232 e. The molecule has 0 bridgehead atoms. The van der Waals surface area contributed by atoms with Crippen LogP contribution >= 0.6 is 0 Å². The van der Waals surface area contributed by atoms with Gasteiger partial charge in [0.1, 0.15) is 0 Å². The number of para-hydroxylation sites is 1. The van der Waals surface area contributed by atoms with Crippen LogP contribution in [-0.4, -0.2) is 26.4 Å². The van der Waals surface area contributed by atoms with Gasteiger partial charge in [0.25, 0.3) is 0 Å². The Balaban J connectivity index is 1.80. The molecular formula is C20H24N6. The summed E-state index contributed by atoms with van der Waals surface area (Å²) in [6, 6.07) is 20.2. The maximum absolute atomic E-state index is 5.92. The van der Waals surface area contributed by atoms with Crippen LogP contribution in [0.4, 0.5) is 17.6 Å². The van der Waals surface area contributed by atoms with Crippen molar-refractivity contribution in [1.29, 1.82) is 0 Å². The van der Waals surface area contributed by atoms with Crippen LogP contribution in [0.5, 0.6) is 0 Å². The van der Waals surface area contributed by atoms with Gasteiger partial charge in [0.15, 0.2) is 5.82 Å². The zero-order valence-corrected chi connectivity index (χ0v) is 15.1. The summed E-state index contributed by atoms with van der Waals surface area (Å²) in [5.74, 6) is 1.34. The lowest BCUT2D eigenvalue weighted by atomic mass is 10.1. The molecule has 0 amide bonds. The molecule has 3 rings (SSSR count). The van der Waals surface area contributed by atoms with Crippen LogP contribution in [-0.2, 0) is 6.54 Å². The van der Waals surface area contributed by atoms with Crippen LogP contribution in [0.15, 0.2) is 60.7 Å². The summed E-state index contributed by atoms with van der Waals surface area (Å²) in [4.78, 5) is 15.5. The van der Waals surface area contributed by atoms with Crippen molar-refractivity contribution in [3.05, 3.63) is 72.1 Å². The molecule has 1 unspecified atom stereocenters. The van der Waals surface area contributed by atoms with Crippen LogP contribution in [0.2, 0.25) is 0 Å². The normalized spacial score (nSPS) is 12.1. The molecule has 0 saturated heterocycles. The monoisotopic (exact) mass is 348 g/mol. The highest BCUT2D eigenvalue weighted by Crippen LogP contribution is 2.21. The minimum Gasteiger partial charge on any atom is -0.368 e. The highest BCUT2D eigenvalue weighted by Gasteiger charge is 2.19. The van der Waals surface area contributed by atoms with Crippen molar-refractivity contribution >= 4 is 17.6 Å². The topological polar surface area (TPSA) is 80.0 Å². The lowest BCUT2D eigenvalue weighted by Crippen LogP contribution is -2.28. The Morgan fingerprint density at radius 2 is 1.62 bits per heavy atom. The van der Waals surface area contributed by atoms with E-state index in [0.29, 0.717) is 11.8 Å². The fourth-order valence-corrected chi connectivity index (χ4v) is 2.81. The number of nitrogens with zero attached hydrogens (tertiary/aromatic N) is 4. The maximum atomic E-state index is 5.92. The zero-order valence-electron chi connectivity index (χ0n) is 15.1. The van der Waals surface area contributed by atoms with Crippen LogP contribution < -0.4 is 11.1 Å². The van der Waals surface area contributed by atoms with E-state index in [9.17, 15) is 0 Å². The molecule has 1 aromatic heterocycles. The Morgan fingerprint density at radius 3 is 2.27 bits per heavy atom. The molecule has 6 nitrogen and oxygen atoms in total. The number of hydrogen-bond donors (Lipinski definition) is 2. The van der Waals surface area contributed by atoms with Crippen molar-refractivity contribution in [1.82, 2.24) is 19.9 Å². The Morgan fingerprint density at radius 1 is 0.962 bits per heavy atom. The first-order valence-electron chi connectivity index (χ1n) is 8.77. The van der Waals surface area contributed by atoms with Crippen LogP contribution in [0.1, 0.15) is 31.3 Å². The van der Waals surface area contributed by atoms with Gasteiger partial charge in [-0.1, -0.05) is 55.5 Å². The summed E-state index contributed by atoms with van der Waals surface area (Å²) in [7, 11) is 0. The molecule has 3 aromatic rings. The van der Waals surface area contributed by atoms with Crippen molar-refractivity contribution in [2.75, 3.05) is 17.6 Å². The number of aromatic nitrogens is 3. The lowest BCUT2D eigenvalue weighted by molar-refractivity contribution is 0.205. The molecule has 134 valence electrons. The summed E-state index contributed by atoms with van der Waals surface area (Å²) >= 11 is 0. The largest absolute Gasteiger partial charge is 0.368 e. The molecule has 0 aliphatic heterocycles. The number of anilines is 3. The van der Waals surface area contributed by atoms with E-state index in [2.05, 4.69) is 63.3 Å². The molecular weight excluding hydrogens is 324 g/mol. The minimum absolute atomic E-state index is 0.0156. The van der Waals surface area contributed by atoms with Crippen molar-refractivity contribution in [2.45, 2.75) is 26.4 Å². The summed E-state index contributed by atoms with van der Waals surface area (Å²) < 4.78 is 0. The molecule has 1 heterocycles. The fourth-order valence-electron chi connectivity index (χ4n) is 2.81. The Bertz CT molecular complexity index is 822. The Labute approximate surface area is 154 Å². The predicted octanol–water partition coefficient (Wildman–Crippen LogP) is 3.78. The first kappa shape index (κ1) is 17.8. The summed E-state index contributed by atoms with van der Waals surface area (Å²) in [5, 5.41) is 3.19. The number of hydrogen-bond acceptors (Lipinski definition) is 6. The maximum Gasteiger partial charge on any atom is 0.232 e. The first-order valence-corrected chi connectivity index (χ1v) is 8.77. The lowest BCUT2D eigenvalue weighted by Gasteiger charge is -2.27. The van der Waals surface area contributed by atoms with Gasteiger partial charge in [-0.2, -0.15) is 15.0 Å². The van der Waals surface area contributed by atoms with Crippen molar-refractivity contribution < 1.29 is 0 Å². The molecule has 0 spiro atoms. The highest BCUT2D eigenvalue weighted by atomic mass is 15.2. The number of nitrogen functional groups attached to an aromatic ring is 1. The van der Waals surface area contributed by atoms with Crippen LogP contribution in [0.3, 0.4) is 0 Å². The highest BCUT2D eigenvalue weighted by molar-refractivity contribution is 5.53. The summed E-state index contributed by atoms with van der Waals surface area (Å²) in [6.45, 7) is 5.93. The van der Waals surface area contributed by atoms with E-state index in [1.807, 2.05) is 36.4 Å². The second-order valence-electron chi connectivity index (χ2n) is 6.09. The van der Waals surface area contributed by atoms with Crippen molar-refractivity contribution in [3.8, 4) is 0 Å². The van der Waals surface area contributed by atoms with Gasteiger partial charge < -0.3 is 11.1 Å². The zero-order chi connectivity index (χ0) is 18.4. The average molecular weight is 348 g/mol. The van der Waals surface area contributed by atoms with Gasteiger partial charge in [0.2, 0.25) is 11.9 Å². The fraction of sp³-hybridized carbons (Fsp3) is 0.250. The second-order valence-corrected chi connectivity index (χ2v) is 6.09. The Hall–Kier alpha value is -2.99. The third-order valence-corrected chi connectivity index (χ3v) is 4.26. The Kier molecular flexibility index (Phi) is 5.76. The van der Waals surface area contributed by atoms with Crippen molar-refractivity contribution in [2.24, 2.45) is 0 Å². The molecule has 2 aromatic carbocycles.